The number of hydrogen-bond donors (Lipinski definition) is 0. The summed E-state index contributed by atoms with van der Waals surface area (Å²) < 4.78 is 7.08. The summed E-state index contributed by atoms with van der Waals surface area (Å²) in [4.78, 5) is 33.4. The highest BCUT2D eigenvalue weighted by molar-refractivity contribution is 8.00. The average Bonchev–Trinajstić information content (AvgIpc) is 3.14. The number of carbonyl (C=O) groups excluding carboxylic acids is 1. The van der Waals surface area contributed by atoms with Gasteiger partial charge in [-0.15, -0.1) is 11.3 Å². The van der Waals surface area contributed by atoms with E-state index in [1.807, 2.05) is 24.3 Å². The van der Waals surface area contributed by atoms with Crippen LogP contribution in [0.5, 0.6) is 5.75 Å². The van der Waals surface area contributed by atoms with E-state index in [1.54, 1.807) is 23.0 Å². The zero-order valence-electron chi connectivity index (χ0n) is 17.0. The van der Waals surface area contributed by atoms with Crippen LogP contribution < -0.4 is 10.3 Å². The van der Waals surface area contributed by atoms with E-state index in [0.29, 0.717) is 17.3 Å². The maximum Gasteiger partial charge on any atom is 0.267 e. The summed E-state index contributed by atoms with van der Waals surface area (Å²) in [6.07, 6.45) is 7.72. The van der Waals surface area contributed by atoms with E-state index >= 15 is 0 Å². The number of fused-ring (bicyclic) bond motifs is 3. The SMILES string of the molecule is COc1cccc(-n2c(SC3CCCCC3=O)nc3sc4c(c3c2=O)CCCC4)c1. The lowest BCUT2D eigenvalue weighted by Gasteiger charge is -2.21. The van der Waals surface area contributed by atoms with Gasteiger partial charge in [-0.25, -0.2) is 4.98 Å². The number of methoxy groups -OCH3 is 1. The third-order valence-electron chi connectivity index (χ3n) is 6.02. The molecule has 0 radical (unpaired) electrons. The molecule has 0 aliphatic heterocycles. The topological polar surface area (TPSA) is 61.2 Å². The number of aryl methyl sites for hydroxylation is 2. The minimum absolute atomic E-state index is 0.0292. The maximum atomic E-state index is 13.8. The first-order chi connectivity index (χ1) is 14.7. The summed E-state index contributed by atoms with van der Waals surface area (Å²) >= 11 is 3.11. The molecule has 0 spiro atoms. The smallest absolute Gasteiger partial charge is 0.267 e. The van der Waals surface area contributed by atoms with Gasteiger partial charge in [0.1, 0.15) is 16.4 Å². The lowest BCUT2D eigenvalue weighted by molar-refractivity contribution is -0.119. The van der Waals surface area contributed by atoms with Crippen molar-refractivity contribution in [3.63, 3.8) is 0 Å². The summed E-state index contributed by atoms with van der Waals surface area (Å²) in [5.74, 6) is 0.958. The summed E-state index contributed by atoms with van der Waals surface area (Å²) in [5.41, 5.74) is 1.88. The number of carbonyl (C=O) groups is 1. The van der Waals surface area contributed by atoms with Crippen molar-refractivity contribution in [3.8, 4) is 11.4 Å². The highest BCUT2D eigenvalue weighted by atomic mass is 32.2. The molecule has 5 rings (SSSR count). The number of ketones is 1. The Morgan fingerprint density at radius 3 is 2.80 bits per heavy atom. The van der Waals surface area contributed by atoms with Crippen molar-refractivity contribution in [2.24, 2.45) is 0 Å². The Morgan fingerprint density at radius 1 is 1.13 bits per heavy atom. The average molecular weight is 441 g/mol. The zero-order chi connectivity index (χ0) is 20.7. The number of nitrogens with zero attached hydrogens (tertiary/aromatic N) is 2. The van der Waals surface area contributed by atoms with Crippen molar-refractivity contribution in [3.05, 3.63) is 45.1 Å². The fourth-order valence-electron chi connectivity index (χ4n) is 4.45. The molecule has 1 unspecified atom stereocenters. The summed E-state index contributed by atoms with van der Waals surface area (Å²) in [5, 5.41) is 1.24. The Balaban J connectivity index is 1.72. The highest BCUT2D eigenvalue weighted by Gasteiger charge is 2.28. The van der Waals surface area contributed by atoms with E-state index in [-0.39, 0.29) is 16.6 Å². The second-order valence-electron chi connectivity index (χ2n) is 7.95. The number of thioether (sulfide) groups is 1. The minimum Gasteiger partial charge on any atom is -0.497 e. The van der Waals surface area contributed by atoms with Crippen LogP contribution in [0.1, 0.15) is 49.0 Å². The van der Waals surface area contributed by atoms with Gasteiger partial charge >= 0.3 is 0 Å². The van der Waals surface area contributed by atoms with Crippen LogP contribution in [-0.4, -0.2) is 27.7 Å². The summed E-state index contributed by atoms with van der Waals surface area (Å²) in [7, 11) is 1.62. The Labute approximate surface area is 183 Å². The van der Waals surface area contributed by atoms with E-state index in [4.69, 9.17) is 9.72 Å². The van der Waals surface area contributed by atoms with Gasteiger partial charge in [0, 0.05) is 17.4 Å². The zero-order valence-corrected chi connectivity index (χ0v) is 18.6. The highest BCUT2D eigenvalue weighted by Crippen LogP contribution is 2.37. The van der Waals surface area contributed by atoms with E-state index in [1.165, 1.54) is 28.6 Å². The number of ether oxygens (including phenoxy) is 1. The van der Waals surface area contributed by atoms with Crippen molar-refractivity contribution in [2.45, 2.75) is 61.8 Å². The van der Waals surface area contributed by atoms with Crippen molar-refractivity contribution < 1.29 is 9.53 Å². The van der Waals surface area contributed by atoms with Crippen LogP contribution in [0.25, 0.3) is 15.9 Å². The van der Waals surface area contributed by atoms with E-state index in [0.717, 1.165) is 54.4 Å². The van der Waals surface area contributed by atoms with Gasteiger partial charge < -0.3 is 4.74 Å². The molecule has 2 aliphatic rings. The first-order valence-corrected chi connectivity index (χ1v) is 12.3. The van der Waals surface area contributed by atoms with Crippen molar-refractivity contribution in [2.75, 3.05) is 7.11 Å². The molecule has 156 valence electrons. The Kier molecular flexibility index (Phi) is 5.41. The molecular formula is C23H24N2O3S2. The van der Waals surface area contributed by atoms with Crippen molar-refractivity contribution in [1.29, 1.82) is 0 Å². The normalized spacial score (nSPS) is 19.1. The Bertz CT molecular complexity index is 1180. The molecule has 1 saturated carbocycles. The summed E-state index contributed by atoms with van der Waals surface area (Å²) in [6, 6.07) is 7.52. The predicted octanol–water partition coefficient (Wildman–Crippen LogP) is 4.94. The van der Waals surface area contributed by atoms with E-state index in [9.17, 15) is 9.59 Å². The van der Waals surface area contributed by atoms with Crippen LogP contribution in [0, 0.1) is 0 Å². The largest absolute Gasteiger partial charge is 0.497 e. The monoisotopic (exact) mass is 440 g/mol. The van der Waals surface area contributed by atoms with Gasteiger partial charge in [0.05, 0.1) is 23.4 Å². The lowest BCUT2D eigenvalue weighted by Crippen LogP contribution is -2.26. The molecular weight excluding hydrogens is 416 g/mol. The molecule has 30 heavy (non-hydrogen) atoms. The molecule has 0 amide bonds. The first-order valence-electron chi connectivity index (χ1n) is 10.6. The molecule has 2 heterocycles. The Hall–Kier alpha value is -2.12. The van der Waals surface area contributed by atoms with Crippen LogP contribution in [-0.2, 0) is 17.6 Å². The van der Waals surface area contributed by atoms with Gasteiger partial charge in [0.2, 0.25) is 0 Å². The number of Topliss-reactive ketones (excluding diaryl/α,β-unsaturated/α-hetero) is 1. The Morgan fingerprint density at radius 2 is 1.97 bits per heavy atom. The predicted molar refractivity (Wildman–Crippen MR) is 122 cm³/mol. The standard InChI is InChI=1S/C23H24N2O3S2/c1-28-15-8-6-7-14(13-15)25-22(27)20-16-9-2-4-11-18(16)29-21(20)24-23(25)30-19-12-5-3-10-17(19)26/h6-8,13,19H,2-5,9-12H2,1H3. The van der Waals surface area contributed by atoms with Gasteiger partial charge in [-0.1, -0.05) is 24.2 Å². The van der Waals surface area contributed by atoms with Crippen LogP contribution in [0.3, 0.4) is 0 Å². The van der Waals surface area contributed by atoms with Crippen LogP contribution in [0.2, 0.25) is 0 Å². The maximum absolute atomic E-state index is 13.8. The second kappa shape index (κ2) is 8.19. The van der Waals surface area contributed by atoms with Gasteiger partial charge in [-0.2, -0.15) is 0 Å². The van der Waals surface area contributed by atoms with Gasteiger partial charge in [0.25, 0.3) is 5.56 Å². The van der Waals surface area contributed by atoms with Crippen LogP contribution >= 0.6 is 23.1 Å². The van der Waals surface area contributed by atoms with Crippen LogP contribution in [0.4, 0.5) is 0 Å². The molecule has 0 N–H and O–H groups in total. The molecule has 0 saturated heterocycles. The molecule has 1 atom stereocenters. The van der Waals surface area contributed by atoms with Gasteiger partial charge in [0.15, 0.2) is 5.16 Å². The van der Waals surface area contributed by atoms with Crippen molar-refractivity contribution in [1.82, 2.24) is 9.55 Å². The van der Waals surface area contributed by atoms with Crippen LogP contribution in [0.15, 0.2) is 34.2 Å². The van der Waals surface area contributed by atoms with Gasteiger partial charge in [-0.3, -0.25) is 14.2 Å². The molecule has 1 fully saturated rings. The number of benzene rings is 1. The quantitative estimate of drug-likeness (QED) is 0.538. The van der Waals surface area contributed by atoms with Gasteiger partial charge in [-0.05, 0) is 56.2 Å². The molecule has 1 aromatic carbocycles. The molecule has 7 heteroatoms. The molecule has 0 bridgehead atoms. The van der Waals surface area contributed by atoms with E-state index < -0.39 is 0 Å². The molecule has 5 nitrogen and oxygen atoms in total. The summed E-state index contributed by atoms with van der Waals surface area (Å²) in [6.45, 7) is 0. The number of rotatable bonds is 4. The minimum atomic E-state index is -0.130. The number of hydrogen-bond acceptors (Lipinski definition) is 6. The first kappa shape index (κ1) is 19.8. The second-order valence-corrected chi connectivity index (χ2v) is 10.2. The molecule has 3 aromatic rings. The fraction of sp³-hybridized carbons (Fsp3) is 0.435. The fourth-order valence-corrected chi connectivity index (χ4v) is 6.98. The lowest BCUT2D eigenvalue weighted by atomic mass is 9.97. The number of thiophene rings is 1. The third-order valence-corrected chi connectivity index (χ3v) is 8.47. The number of aromatic nitrogens is 2. The third kappa shape index (κ3) is 3.48. The molecule has 2 aromatic heterocycles. The molecule has 2 aliphatic carbocycles. The van der Waals surface area contributed by atoms with E-state index in [2.05, 4.69) is 0 Å². The van der Waals surface area contributed by atoms with Crippen molar-refractivity contribution >= 4 is 39.1 Å².